The van der Waals surface area contributed by atoms with Gasteiger partial charge >= 0.3 is 0 Å². The molecule has 1 aliphatic carbocycles. The quantitative estimate of drug-likeness (QED) is 0.795. The van der Waals surface area contributed by atoms with Crippen LogP contribution in [-0.2, 0) is 5.75 Å². The normalized spacial score (nSPS) is 16.9. The maximum Gasteiger partial charge on any atom is 0.277 e. The summed E-state index contributed by atoms with van der Waals surface area (Å²) in [6, 6.07) is 1.92. The maximum atomic E-state index is 5.73. The van der Waals surface area contributed by atoms with Gasteiger partial charge in [0, 0.05) is 12.0 Å². The van der Waals surface area contributed by atoms with Crippen LogP contribution < -0.4 is 0 Å². The molecule has 2 heterocycles. The third-order valence-electron chi connectivity index (χ3n) is 3.39. The van der Waals surface area contributed by atoms with E-state index in [1.165, 1.54) is 43.9 Å². The van der Waals surface area contributed by atoms with Gasteiger partial charge in [-0.1, -0.05) is 36.2 Å². The van der Waals surface area contributed by atoms with Gasteiger partial charge in [0.1, 0.15) is 5.76 Å². The first-order valence-electron chi connectivity index (χ1n) is 6.69. The lowest BCUT2D eigenvalue weighted by atomic mass is 9.89. The van der Waals surface area contributed by atoms with E-state index in [-0.39, 0.29) is 0 Å². The number of hydrogen-bond acceptors (Lipinski definition) is 6. The van der Waals surface area contributed by atoms with Crippen LogP contribution in [0.3, 0.4) is 0 Å². The molecule has 0 atom stereocenters. The van der Waals surface area contributed by atoms with Crippen LogP contribution in [0.2, 0.25) is 0 Å². The fourth-order valence-electron chi connectivity index (χ4n) is 2.41. The Kier molecular flexibility index (Phi) is 3.87. The fraction of sp³-hybridized carbons (Fsp3) is 0.615. The molecule has 1 saturated carbocycles. The first kappa shape index (κ1) is 12.7. The first-order valence-corrected chi connectivity index (χ1v) is 7.68. The van der Waals surface area contributed by atoms with Gasteiger partial charge in [-0.25, -0.2) is 0 Å². The largest absolute Gasteiger partial charge is 0.416 e. The molecule has 0 amide bonds. The van der Waals surface area contributed by atoms with Crippen LogP contribution in [0.4, 0.5) is 0 Å². The molecule has 1 fully saturated rings. The van der Waals surface area contributed by atoms with Crippen LogP contribution in [-0.4, -0.2) is 15.4 Å². The van der Waals surface area contributed by atoms with Crippen molar-refractivity contribution in [1.29, 1.82) is 0 Å². The number of aromatic nitrogens is 3. The van der Waals surface area contributed by atoms with E-state index in [1.54, 1.807) is 0 Å². The molecule has 0 aromatic carbocycles. The highest BCUT2D eigenvalue weighted by atomic mass is 32.2. The predicted molar refractivity (Wildman–Crippen MR) is 70.9 cm³/mol. The maximum absolute atomic E-state index is 5.73. The average molecular weight is 279 g/mol. The summed E-state index contributed by atoms with van der Waals surface area (Å²) in [5, 5.41) is 12.7. The van der Waals surface area contributed by atoms with Gasteiger partial charge in [-0.05, 0) is 19.8 Å². The van der Waals surface area contributed by atoms with Gasteiger partial charge in [-0.2, -0.15) is 0 Å². The lowest BCUT2D eigenvalue weighted by Crippen LogP contribution is -2.04. The fourth-order valence-corrected chi connectivity index (χ4v) is 3.06. The minimum atomic E-state index is 0.461. The zero-order valence-corrected chi connectivity index (χ0v) is 11.8. The van der Waals surface area contributed by atoms with Crippen molar-refractivity contribution in [2.45, 2.75) is 55.9 Å². The smallest absolute Gasteiger partial charge is 0.277 e. The minimum absolute atomic E-state index is 0.461. The molecule has 6 heteroatoms. The van der Waals surface area contributed by atoms with Gasteiger partial charge in [0.25, 0.3) is 5.22 Å². The number of hydrogen-bond donors (Lipinski definition) is 0. The van der Waals surface area contributed by atoms with E-state index >= 15 is 0 Å². The van der Waals surface area contributed by atoms with Crippen LogP contribution in [0.25, 0.3) is 0 Å². The van der Waals surface area contributed by atoms with Crippen LogP contribution >= 0.6 is 11.8 Å². The summed E-state index contributed by atoms with van der Waals surface area (Å²) < 4.78 is 10.9. The summed E-state index contributed by atoms with van der Waals surface area (Å²) >= 11 is 1.50. The van der Waals surface area contributed by atoms with Crippen molar-refractivity contribution < 1.29 is 8.94 Å². The van der Waals surface area contributed by atoms with Gasteiger partial charge in [0.05, 0.1) is 11.4 Å². The number of nitrogens with zero attached hydrogens (tertiary/aromatic N) is 3. The summed E-state index contributed by atoms with van der Waals surface area (Å²) in [5.41, 5.74) is 0.893. The highest BCUT2D eigenvalue weighted by Crippen LogP contribution is 2.33. The van der Waals surface area contributed by atoms with Crippen LogP contribution in [0.1, 0.15) is 55.4 Å². The molecule has 5 nitrogen and oxygen atoms in total. The van der Waals surface area contributed by atoms with Gasteiger partial charge in [-0.3, -0.25) is 0 Å². The first-order chi connectivity index (χ1) is 9.31. The summed E-state index contributed by atoms with van der Waals surface area (Å²) in [6.45, 7) is 1.91. The third kappa shape index (κ3) is 3.18. The van der Waals surface area contributed by atoms with E-state index in [1.807, 2.05) is 13.0 Å². The van der Waals surface area contributed by atoms with Gasteiger partial charge in [0.15, 0.2) is 0 Å². The third-order valence-corrected chi connectivity index (χ3v) is 4.23. The predicted octanol–water partition coefficient (Wildman–Crippen LogP) is 3.71. The summed E-state index contributed by atoms with van der Waals surface area (Å²) in [4.78, 5) is 0. The number of aryl methyl sites for hydroxylation is 1. The molecule has 0 aliphatic heterocycles. The molecule has 2 aromatic rings. The molecule has 102 valence electrons. The molecule has 19 heavy (non-hydrogen) atoms. The number of rotatable bonds is 4. The molecule has 0 radical (unpaired) electrons. The van der Waals surface area contributed by atoms with Crippen LogP contribution in [0, 0.1) is 6.92 Å². The zero-order chi connectivity index (χ0) is 13.1. The lowest BCUT2D eigenvalue weighted by Gasteiger charge is -2.17. The molecule has 1 aliphatic rings. The van der Waals surface area contributed by atoms with Crippen molar-refractivity contribution in [3.63, 3.8) is 0 Å². The van der Waals surface area contributed by atoms with E-state index < -0.39 is 0 Å². The second-order valence-corrected chi connectivity index (χ2v) is 5.89. The van der Waals surface area contributed by atoms with E-state index in [4.69, 9.17) is 8.94 Å². The van der Waals surface area contributed by atoms with Crippen molar-refractivity contribution in [3.8, 4) is 0 Å². The Morgan fingerprint density at radius 2 is 2.11 bits per heavy atom. The molecule has 3 rings (SSSR count). The Hall–Kier alpha value is -1.30. The summed E-state index contributed by atoms with van der Waals surface area (Å²) in [7, 11) is 0. The molecule has 0 unspecified atom stereocenters. The Balaban J connectivity index is 1.58. The Morgan fingerprint density at radius 1 is 1.26 bits per heavy atom. The minimum Gasteiger partial charge on any atom is -0.416 e. The Morgan fingerprint density at radius 3 is 2.84 bits per heavy atom. The van der Waals surface area contributed by atoms with Crippen molar-refractivity contribution in [1.82, 2.24) is 15.4 Å². The Bertz CT molecular complexity index is 531. The monoisotopic (exact) mass is 279 g/mol. The van der Waals surface area contributed by atoms with Crippen molar-refractivity contribution in [2.75, 3.05) is 0 Å². The second-order valence-electron chi connectivity index (χ2n) is 4.96. The van der Waals surface area contributed by atoms with Gasteiger partial charge in [0.2, 0.25) is 5.89 Å². The topological polar surface area (TPSA) is 65.0 Å². The van der Waals surface area contributed by atoms with Crippen molar-refractivity contribution >= 4 is 11.8 Å². The van der Waals surface area contributed by atoms with Crippen LogP contribution in [0.5, 0.6) is 0 Å². The van der Waals surface area contributed by atoms with E-state index in [0.29, 0.717) is 16.9 Å². The molecule has 0 N–H and O–H groups in total. The molecule has 2 aromatic heterocycles. The highest BCUT2D eigenvalue weighted by Gasteiger charge is 2.21. The Labute approximate surface area is 116 Å². The number of thioether (sulfide) groups is 1. The van der Waals surface area contributed by atoms with Gasteiger partial charge < -0.3 is 8.94 Å². The summed E-state index contributed by atoms with van der Waals surface area (Å²) in [5.74, 6) is 2.77. The van der Waals surface area contributed by atoms with Crippen molar-refractivity contribution in [2.24, 2.45) is 0 Å². The van der Waals surface area contributed by atoms with E-state index in [0.717, 1.165) is 17.3 Å². The molecule has 0 spiro atoms. The molecule has 0 bridgehead atoms. The van der Waals surface area contributed by atoms with Gasteiger partial charge in [-0.15, -0.1) is 10.2 Å². The second kappa shape index (κ2) is 5.77. The van der Waals surface area contributed by atoms with E-state index in [2.05, 4.69) is 15.4 Å². The highest BCUT2D eigenvalue weighted by molar-refractivity contribution is 7.98. The standard InChI is InChI=1S/C13H17N3O2S/c1-9-7-11(18-16-9)8-19-13-15-14-12(17-13)10-5-3-2-4-6-10/h7,10H,2-6,8H2,1H3. The van der Waals surface area contributed by atoms with E-state index in [9.17, 15) is 0 Å². The molecular formula is C13H17N3O2S. The summed E-state index contributed by atoms with van der Waals surface area (Å²) in [6.07, 6.45) is 6.22. The molecule has 0 saturated heterocycles. The zero-order valence-electron chi connectivity index (χ0n) is 11.0. The SMILES string of the molecule is Cc1cc(CSc2nnc(C3CCCCC3)o2)on1. The van der Waals surface area contributed by atoms with Crippen LogP contribution in [0.15, 0.2) is 20.2 Å². The molecular weight excluding hydrogens is 262 g/mol. The van der Waals surface area contributed by atoms with Crippen molar-refractivity contribution in [3.05, 3.63) is 23.4 Å². The average Bonchev–Trinajstić information content (AvgIpc) is 3.06. The lowest BCUT2D eigenvalue weighted by molar-refractivity contribution is 0.334.